The molecule has 0 aliphatic rings. The maximum Gasteiger partial charge on any atom is 0.313 e. The minimum Gasteiger partial charge on any atom is -0.341 e. The van der Waals surface area contributed by atoms with Crippen molar-refractivity contribution in [3.05, 3.63) is 59.2 Å². The molecule has 1 unspecified atom stereocenters. The van der Waals surface area contributed by atoms with Crippen molar-refractivity contribution in [2.75, 3.05) is 10.6 Å². The largest absolute Gasteiger partial charge is 0.341 e. The van der Waals surface area contributed by atoms with Gasteiger partial charge in [-0.2, -0.15) is 0 Å². The first-order chi connectivity index (χ1) is 13.7. The minimum absolute atomic E-state index is 0.115. The van der Waals surface area contributed by atoms with Crippen molar-refractivity contribution in [3.8, 4) is 0 Å². The smallest absolute Gasteiger partial charge is 0.313 e. The number of hydrogen-bond donors (Lipinski definition) is 3. The van der Waals surface area contributed by atoms with E-state index in [1.807, 2.05) is 38.1 Å². The van der Waals surface area contributed by atoms with Crippen LogP contribution >= 0.6 is 0 Å². The molecule has 29 heavy (non-hydrogen) atoms. The Labute approximate surface area is 172 Å². The standard InChI is InChI=1S/C23H29N3O3/c1-6-17-10-12-18(13-11-17)21(14(2)3)26-23(29)22(28)25-20-9-7-8-19(15(20)4)24-16(5)27/h7-14,21H,6H2,1-5H3,(H,24,27)(H,25,28)(H,26,29). The molecule has 154 valence electrons. The lowest BCUT2D eigenvalue weighted by molar-refractivity contribution is -0.136. The Hall–Kier alpha value is -3.15. The third-order valence-corrected chi connectivity index (χ3v) is 4.80. The number of nitrogens with one attached hydrogen (secondary N) is 3. The van der Waals surface area contributed by atoms with Gasteiger partial charge >= 0.3 is 11.8 Å². The van der Waals surface area contributed by atoms with E-state index in [9.17, 15) is 14.4 Å². The minimum atomic E-state index is -0.746. The predicted molar refractivity (Wildman–Crippen MR) is 116 cm³/mol. The molecular formula is C23H29N3O3. The molecule has 0 spiro atoms. The Kier molecular flexibility index (Phi) is 7.53. The van der Waals surface area contributed by atoms with Gasteiger partial charge in [0.05, 0.1) is 6.04 Å². The van der Waals surface area contributed by atoms with Crippen molar-refractivity contribution < 1.29 is 14.4 Å². The van der Waals surface area contributed by atoms with E-state index in [0.717, 1.165) is 12.0 Å². The second kappa shape index (κ2) is 9.87. The Balaban J connectivity index is 2.12. The van der Waals surface area contributed by atoms with Crippen LogP contribution in [0.4, 0.5) is 11.4 Å². The first-order valence-electron chi connectivity index (χ1n) is 9.80. The SMILES string of the molecule is CCc1ccc(C(NC(=O)C(=O)Nc2cccc(NC(C)=O)c2C)C(C)C)cc1. The number of aryl methyl sites for hydroxylation is 1. The van der Waals surface area contributed by atoms with E-state index in [2.05, 4.69) is 22.9 Å². The Morgan fingerprint density at radius 1 is 0.897 bits per heavy atom. The topological polar surface area (TPSA) is 87.3 Å². The van der Waals surface area contributed by atoms with E-state index in [0.29, 0.717) is 16.9 Å². The molecule has 0 heterocycles. The number of carbonyl (C=O) groups excluding carboxylic acids is 3. The molecule has 2 aromatic rings. The lowest BCUT2D eigenvalue weighted by Crippen LogP contribution is -2.39. The number of rotatable bonds is 6. The van der Waals surface area contributed by atoms with Gasteiger partial charge in [0.2, 0.25) is 5.91 Å². The second-order valence-corrected chi connectivity index (χ2v) is 7.40. The molecule has 0 bridgehead atoms. The van der Waals surface area contributed by atoms with Crippen molar-refractivity contribution in [2.24, 2.45) is 5.92 Å². The highest BCUT2D eigenvalue weighted by Crippen LogP contribution is 2.24. The van der Waals surface area contributed by atoms with Gasteiger partial charge in [-0.15, -0.1) is 0 Å². The van der Waals surface area contributed by atoms with Crippen molar-refractivity contribution >= 4 is 29.1 Å². The number of hydrogen-bond acceptors (Lipinski definition) is 3. The lowest BCUT2D eigenvalue weighted by Gasteiger charge is -2.23. The average Bonchev–Trinajstić information content (AvgIpc) is 2.68. The zero-order valence-electron chi connectivity index (χ0n) is 17.6. The Morgan fingerprint density at radius 3 is 2.00 bits per heavy atom. The van der Waals surface area contributed by atoms with Gasteiger partial charge in [0.25, 0.3) is 0 Å². The summed E-state index contributed by atoms with van der Waals surface area (Å²) in [5.74, 6) is -1.54. The quantitative estimate of drug-likeness (QED) is 0.647. The first-order valence-corrected chi connectivity index (χ1v) is 9.80. The maximum absolute atomic E-state index is 12.5. The van der Waals surface area contributed by atoms with Crippen LogP contribution < -0.4 is 16.0 Å². The first kappa shape index (κ1) is 22.1. The summed E-state index contributed by atoms with van der Waals surface area (Å²) in [5.41, 5.74) is 3.92. The summed E-state index contributed by atoms with van der Waals surface area (Å²) in [7, 11) is 0. The highest BCUT2D eigenvalue weighted by atomic mass is 16.2. The normalized spacial score (nSPS) is 11.7. The third-order valence-electron chi connectivity index (χ3n) is 4.80. The summed E-state index contributed by atoms with van der Waals surface area (Å²) in [6, 6.07) is 12.9. The molecule has 3 N–H and O–H groups in total. The second-order valence-electron chi connectivity index (χ2n) is 7.40. The number of amides is 3. The van der Waals surface area contributed by atoms with Crippen LogP contribution in [0.5, 0.6) is 0 Å². The summed E-state index contributed by atoms with van der Waals surface area (Å²) in [6.45, 7) is 9.27. The van der Waals surface area contributed by atoms with E-state index in [4.69, 9.17) is 0 Å². The summed E-state index contributed by atoms with van der Waals surface area (Å²) in [6.07, 6.45) is 0.943. The molecule has 6 heteroatoms. The van der Waals surface area contributed by atoms with Crippen LogP contribution in [0.25, 0.3) is 0 Å². The summed E-state index contributed by atoms with van der Waals surface area (Å²) >= 11 is 0. The van der Waals surface area contributed by atoms with E-state index in [1.54, 1.807) is 25.1 Å². The molecule has 0 aliphatic carbocycles. The van der Waals surface area contributed by atoms with Crippen LogP contribution in [0.15, 0.2) is 42.5 Å². The zero-order valence-corrected chi connectivity index (χ0v) is 17.6. The molecule has 0 aliphatic heterocycles. The van der Waals surface area contributed by atoms with E-state index in [1.165, 1.54) is 12.5 Å². The third kappa shape index (κ3) is 5.91. The molecule has 0 radical (unpaired) electrons. The monoisotopic (exact) mass is 395 g/mol. The van der Waals surface area contributed by atoms with E-state index >= 15 is 0 Å². The number of benzene rings is 2. The van der Waals surface area contributed by atoms with Crippen molar-refractivity contribution in [1.82, 2.24) is 5.32 Å². The molecule has 6 nitrogen and oxygen atoms in total. The lowest BCUT2D eigenvalue weighted by atomic mass is 9.95. The fourth-order valence-corrected chi connectivity index (χ4v) is 3.08. The average molecular weight is 396 g/mol. The van der Waals surface area contributed by atoms with Gasteiger partial charge in [0.1, 0.15) is 0 Å². The highest BCUT2D eigenvalue weighted by molar-refractivity contribution is 6.39. The molecule has 0 fully saturated rings. The van der Waals surface area contributed by atoms with E-state index in [-0.39, 0.29) is 17.9 Å². The van der Waals surface area contributed by atoms with Gasteiger partial charge in [-0.3, -0.25) is 14.4 Å². The molecule has 0 saturated carbocycles. The van der Waals surface area contributed by atoms with Gasteiger partial charge in [-0.25, -0.2) is 0 Å². The van der Waals surface area contributed by atoms with Crippen LogP contribution in [-0.4, -0.2) is 17.7 Å². The number of carbonyl (C=O) groups is 3. The van der Waals surface area contributed by atoms with Crippen molar-refractivity contribution in [3.63, 3.8) is 0 Å². The summed E-state index contributed by atoms with van der Waals surface area (Å²) in [5, 5.41) is 8.17. The summed E-state index contributed by atoms with van der Waals surface area (Å²) in [4.78, 5) is 36.3. The predicted octanol–water partition coefficient (Wildman–Crippen LogP) is 3.97. The molecule has 0 saturated heterocycles. The molecule has 2 rings (SSSR count). The molecule has 1 atom stereocenters. The van der Waals surface area contributed by atoms with E-state index < -0.39 is 11.8 Å². The van der Waals surface area contributed by atoms with Crippen LogP contribution in [0.2, 0.25) is 0 Å². The van der Waals surface area contributed by atoms with Crippen LogP contribution in [-0.2, 0) is 20.8 Å². The molecular weight excluding hydrogens is 366 g/mol. The summed E-state index contributed by atoms with van der Waals surface area (Å²) < 4.78 is 0. The van der Waals surface area contributed by atoms with Gasteiger partial charge in [-0.05, 0) is 48.1 Å². The maximum atomic E-state index is 12.5. The van der Waals surface area contributed by atoms with Crippen LogP contribution in [0.3, 0.4) is 0 Å². The number of anilines is 2. The molecule has 0 aromatic heterocycles. The van der Waals surface area contributed by atoms with Gasteiger partial charge in [0.15, 0.2) is 0 Å². The Bertz CT molecular complexity index is 889. The zero-order chi connectivity index (χ0) is 21.6. The van der Waals surface area contributed by atoms with Crippen LogP contribution in [0.1, 0.15) is 50.4 Å². The molecule has 2 aromatic carbocycles. The Morgan fingerprint density at radius 2 is 1.48 bits per heavy atom. The fourth-order valence-electron chi connectivity index (χ4n) is 3.08. The van der Waals surface area contributed by atoms with Crippen molar-refractivity contribution in [2.45, 2.75) is 47.1 Å². The van der Waals surface area contributed by atoms with Crippen molar-refractivity contribution in [1.29, 1.82) is 0 Å². The van der Waals surface area contributed by atoms with Gasteiger partial charge in [-0.1, -0.05) is 51.1 Å². The van der Waals surface area contributed by atoms with Gasteiger partial charge < -0.3 is 16.0 Å². The highest BCUT2D eigenvalue weighted by Gasteiger charge is 2.23. The van der Waals surface area contributed by atoms with Gasteiger partial charge in [0, 0.05) is 18.3 Å². The fraction of sp³-hybridized carbons (Fsp3) is 0.348. The van der Waals surface area contributed by atoms with Crippen LogP contribution in [0, 0.1) is 12.8 Å². The molecule has 3 amide bonds.